The summed E-state index contributed by atoms with van der Waals surface area (Å²) in [5.41, 5.74) is 1.26. The number of thiazole rings is 1. The molecule has 0 radical (unpaired) electrons. The number of benzene rings is 1. The Hall–Kier alpha value is -2.30. The van der Waals surface area contributed by atoms with E-state index in [-0.39, 0.29) is 4.90 Å². The van der Waals surface area contributed by atoms with Crippen molar-refractivity contribution in [1.82, 2.24) is 10.3 Å². The Morgan fingerprint density at radius 2 is 1.88 bits per heavy atom. The molecule has 26 heavy (non-hydrogen) atoms. The fourth-order valence-corrected chi connectivity index (χ4v) is 3.56. The van der Waals surface area contributed by atoms with Crippen molar-refractivity contribution in [2.24, 2.45) is 5.14 Å². The molecule has 10 heteroatoms. The van der Waals surface area contributed by atoms with Crippen LogP contribution in [0.2, 0.25) is 0 Å². The highest BCUT2D eigenvalue weighted by Crippen LogP contribution is 2.18. The van der Waals surface area contributed by atoms with Crippen LogP contribution in [-0.2, 0) is 19.6 Å². The Labute approximate surface area is 155 Å². The molecule has 0 bridgehead atoms. The van der Waals surface area contributed by atoms with Gasteiger partial charge in [-0.05, 0) is 38.5 Å². The smallest absolute Gasteiger partial charge is 0.350 e. The Morgan fingerprint density at radius 1 is 1.27 bits per heavy atom. The molecular weight excluding hydrogens is 378 g/mol. The molecule has 3 N–H and O–H groups in total. The van der Waals surface area contributed by atoms with E-state index < -0.39 is 34.5 Å². The second-order valence-electron chi connectivity index (χ2n) is 5.63. The van der Waals surface area contributed by atoms with Crippen LogP contribution in [0.4, 0.5) is 0 Å². The lowest BCUT2D eigenvalue weighted by Crippen LogP contribution is -2.31. The largest absolute Gasteiger partial charge is 0.451 e. The van der Waals surface area contributed by atoms with Gasteiger partial charge in [0.25, 0.3) is 5.91 Å². The predicted molar refractivity (Wildman–Crippen MR) is 96.2 cm³/mol. The van der Waals surface area contributed by atoms with Gasteiger partial charge in [-0.1, -0.05) is 12.1 Å². The molecule has 1 amide bonds. The number of rotatable bonds is 6. The number of carbonyl (C=O) groups is 2. The van der Waals surface area contributed by atoms with Crippen LogP contribution >= 0.6 is 11.3 Å². The quantitative estimate of drug-likeness (QED) is 0.710. The first-order valence-electron chi connectivity index (χ1n) is 7.61. The topological polar surface area (TPSA) is 128 Å². The van der Waals surface area contributed by atoms with Crippen molar-refractivity contribution in [3.05, 3.63) is 45.4 Å². The van der Waals surface area contributed by atoms with Crippen LogP contribution in [-0.4, -0.2) is 31.9 Å². The van der Waals surface area contributed by atoms with Gasteiger partial charge >= 0.3 is 5.97 Å². The van der Waals surface area contributed by atoms with Crippen molar-refractivity contribution >= 4 is 33.2 Å². The van der Waals surface area contributed by atoms with Gasteiger partial charge in [-0.15, -0.1) is 11.3 Å². The highest BCUT2D eigenvalue weighted by molar-refractivity contribution is 7.89. The van der Waals surface area contributed by atoms with Gasteiger partial charge in [0.1, 0.15) is 4.88 Å². The summed E-state index contributed by atoms with van der Waals surface area (Å²) >= 11 is 1.21. The zero-order chi connectivity index (χ0) is 19.5. The molecule has 2 rings (SSSR count). The van der Waals surface area contributed by atoms with E-state index in [0.717, 1.165) is 5.01 Å². The summed E-state index contributed by atoms with van der Waals surface area (Å²) in [4.78, 5) is 28.4. The number of hydrogen-bond donors (Lipinski definition) is 2. The molecule has 0 aliphatic heterocycles. The predicted octanol–water partition coefficient (Wildman–Crippen LogP) is 1.44. The number of aryl methyl sites for hydroxylation is 2. The maximum atomic E-state index is 12.0. The van der Waals surface area contributed by atoms with Gasteiger partial charge in [-0.3, -0.25) is 4.79 Å². The van der Waals surface area contributed by atoms with Gasteiger partial charge < -0.3 is 10.1 Å². The minimum atomic E-state index is -3.76. The molecule has 2 aromatic rings. The van der Waals surface area contributed by atoms with Crippen LogP contribution in [0, 0.1) is 13.8 Å². The van der Waals surface area contributed by atoms with Gasteiger partial charge in [0.05, 0.1) is 21.6 Å². The number of primary sulfonamides is 1. The number of carbonyl (C=O) groups excluding carboxylic acids is 2. The van der Waals surface area contributed by atoms with Gasteiger partial charge in [-0.25, -0.2) is 23.3 Å². The third-order valence-electron chi connectivity index (χ3n) is 3.51. The van der Waals surface area contributed by atoms with Crippen molar-refractivity contribution in [2.75, 3.05) is 6.61 Å². The van der Waals surface area contributed by atoms with Crippen molar-refractivity contribution in [1.29, 1.82) is 0 Å². The van der Waals surface area contributed by atoms with Crippen molar-refractivity contribution in [2.45, 2.75) is 31.7 Å². The van der Waals surface area contributed by atoms with E-state index >= 15 is 0 Å². The summed E-state index contributed by atoms with van der Waals surface area (Å²) in [6.45, 7) is 4.79. The molecule has 8 nitrogen and oxygen atoms in total. The number of esters is 1. The monoisotopic (exact) mass is 397 g/mol. The number of aromatic nitrogens is 1. The third-order valence-corrected chi connectivity index (χ3v) is 5.49. The number of hydrogen-bond acceptors (Lipinski definition) is 7. The van der Waals surface area contributed by atoms with Gasteiger partial charge in [0, 0.05) is 0 Å². The van der Waals surface area contributed by atoms with Crippen molar-refractivity contribution in [3.8, 4) is 0 Å². The molecule has 0 saturated carbocycles. The highest BCUT2D eigenvalue weighted by Gasteiger charge is 2.18. The number of nitrogens with zero attached hydrogens (tertiary/aromatic N) is 1. The second kappa shape index (κ2) is 7.94. The zero-order valence-electron chi connectivity index (χ0n) is 14.5. The van der Waals surface area contributed by atoms with Crippen LogP contribution < -0.4 is 10.5 Å². The maximum Gasteiger partial charge on any atom is 0.350 e. The number of ether oxygens (including phenoxy) is 1. The maximum absolute atomic E-state index is 12.0. The third kappa shape index (κ3) is 5.10. The first-order chi connectivity index (χ1) is 12.1. The first kappa shape index (κ1) is 20.0. The van der Waals surface area contributed by atoms with Crippen LogP contribution in [0.1, 0.15) is 38.9 Å². The minimum absolute atomic E-state index is 0.0103. The van der Waals surface area contributed by atoms with Crippen LogP contribution in [0.5, 0.6) is 0 Å². The second-order valence-corrected chi connectivity index (χ2v) is 8.39. The Bertz CT molecular complexity index is 920. The molecule has 1 atom stereocenters. The number of nitrogens with one attached hydrogen (secondary N) is 1. The van der Waals surface area contributed by atoms with E-state index in [1.807, 2.05) is 0 Å². The van der Waals surface area contributed by atoms with Crippen molar-refractivity contribution < 1.29 is 22.7 Å². The Balaban J connectivity index is 1.91. The molecule has 1 heterocycles. The molecule has 0 spiro atoms. The summed E-state index contributed by atoms with van der Waals surface area (Å²) in [5, 5.41) is 8.46. The SMILES string of the molecule is Cc1nc(C)c(C(=O)OCC(=O)N[C@H](C)c2ccc(S(N)(=O)=O)cc2)s1. The van der Waals surface area contributed by atoms with Gasteiger partial charge in [-0.2, -0.15) is 0 Å². The number of sulfonamides is 1. The Kier molecular flexibility index (Phi) is 6.11. The molecule has 0 fully saturated rings. The Morgan fingerprint density at radius 3 is 2.38 bits per heavy atom. The molecular formula is C16H19N3O5S2. The normalized spacial score (nSPS) is 12.5. The summed E-state index contributed by atoms with van der Waals surface area (Å²) in [6.07, 6.45) is 0. The average molecular weight is 397 g/mol. The highest BCUT2D eigenvalue weighted by atomic mass is 32.2. The first-order valence-corrected chi connectivity index (χ1v) is 9.97. The lowest BCUT2D eigenvalue weighted by Gasteiger charge is -2.14. The summed E-state index contributed by atoms with van der Waals surface area (Å²) in [5.74, 6) is -1.06. The fraction of sp³-hybridized carbons (Fsp3) is 0.312. The summed E-state index contributed by atoms with van der Waals surface area (Å²) < 4.78 is 27.5. The molecule has 0 aliphatic rings. The van der Waals surface area contributed by atoms with Gasteiger partial charge in [0.2, 0.25) is 10.0 Å². The van der Waals surface area contributed by atoms with E-state index in [4.69, 9.17) is 9.88 Å². The summed E-state index contributed by atoms with van der Waals surface area (Å²) in [7, 11) is -3.76. The average Bonchev–Trinajstić information content (AvgIpc) is 2.90. The molecule has 1 aromatic carbocycles. The molecule has 140 valence electrons. The van der Waals surface area contributed by atoms with Crippen LogP contribution in [0.3, 0.4) is 0 Å². The number of amides is 1. The zero-order valence-corrected chi connectivity index (χ0v) is 16.1. The van der Waals surface area contributed by atoms with E-state index in [0.29, 0.717) is 16.1 Å². The minimum Gasteiger partial charge on any atom is -0.451 e. The van der Waals surface area contributed by atoms with Crippen molar-refractivity contribution in [3.63, 3.8) is 0 Å². The van der Waals surface area contributed by atoms with E-state index in [1.54, 1.807) is 32.9 Å². The van der Waals surface area contributed by atoms with Crippen LogP contribution in [0.15, 0.2) is 29.2 Å². The van der Waals surface area contributed by atoms with E-state index in [1.165, 1.54) is 23.5 Å². The van der Waals surface area contributed by atoms with E-state index in [2.05, 4.69) is 10.3 Å². The van der Waals surface area contributed by atoms with E-state index in [9.17, 15) is 18.0 Å². The lowest BCUT2D eigenvalue weighted by molar-refractivity contribution is -0.124. The molecule has 1 aromatic heterocycles. The van der Waals surface area contributed by atoms with Gasteiger partial charge in [0.15, 0.2) is 6.61 Å². The number of nitrogens with two attached hydrogens (primary N) is 1. The summed E-state index contributed by atoms with van der Waals surface area (Å²) in [6, 6.07) is 5.44. The molecule has 0 aliphatic carbocycles. The van der Waals surface area contributed by atoms with Crippen LogP contribution in [0.25, 0.3) is 0 Å². The standard InChI is InChI=1S/C16H19N3O5S2/c1-9(12-4-6-13(7-5-12)26(17,22)23)19-14(20)8-24-16(21)15-10(2)18-11(3)25-15/h4-7,9H,8H2,1-3H3,(H,19,20)(H2,17,22,23)/t9-/m1/s1. The molecule has 0 saturated heterocycles. The fourth-order valence-electron chi connectivity index (χ4n) is 2.23. The molecule has 0 unspecified atom stereocenters. The lowest BCUT2D eigenvalue weighted by atomic mass is 10.1.